The van der Waals surface area contributed by atoms with Gasteiger partial charge >= 0.3 is 11.9 Å². The van der Waals surface area contributed by atoms with Crippen LogP contribution >= 0.6 is 0 Å². The number of aromatic carboxylic acids is 1. The SMILES string of the molecule is CC(C)[C@H](NC(=O)c1ccccc1C(=O)O)C(=O)O. The van der Waals surface area contributed by atoms with E-state index in [9.17, 15) is 14.4 Å². The number of amides is 1. The van der Waals surface area contributed by atoms with E-state index < -0.39 is 23.9 Å². The lowest BCUT2D eigenvalue weighted by atomic mass is 10.0. The largest absolute Gasteiger partial charge is 0.480 e. The van der Waals surface area contributed by atoms with Gasteiger partial charge < -0.3 is 15.5 Å². The molecule has 0 bridgehead atoms. The lowest BCUT2D eigenvalue weighted by Gasteiger charge is -2.18. The summed E-state index contributed by atoms with van der Waals surface area (Å²) in [7, 11) is 0. The fraction of sp³-hybridized carbons (Fsp3) is 0.308. The maximum absolute atomic E-state index is 12.0. The minimum Gasteiger partial charge on any atom is -0.480 e. The number of nitrogens with one attached hydrogen (secondary N) is 1. The Morgan fingerprint density at radius 3 is 2.00 bits per heavy atom. The third kappa shape index (κ3) is 3.54. The van der Waals surface area contributed by atoms with Crippen molar-refractivity contribution in [1.82, 2.24) is 5.32 Å². The van der Waals surface area contributed by atoms with Gasteiger partial charge in [-0.05, 0) is 18.1 Å². The second-order valence-corrected chi connectivity index (χ2v) is 4.38. The Labute approximate surface area is 110 Å². The van der Waals surface area contributed by atoms with Crippen LogP contribution in [0, 0.1) is 5.92 Å². The maximum Gasteiger partial charge on any atom is 0.336 e. The van der Waals surface area contributed by atoms with E-state index in [1.807, 2.05) is 0 Å². The summed E-state index contributed by atoms with van der Waals surface area (Å²) in [6.45, 7) is 3.31. The van der Waals surface area contributed by atoms with Gasteiger partial charge in [0, 0.05) is 0 Å². The van der Waals surface area contributed by atoms with Gasteiger partial charge in [-0.1, -0.05) is 26.0 Å². The van der Waals surface area contributed by atoms with E-state index in [0.717, 1.165) is 0 Å². The lowest BCUT2D eigenvalue weighted by molar-refractivity contribution is -0.140. The van der Waals surface area contributed by atoms with E-state index in [1.165, 1.54) is 24.3 Å². The van der Waals surface area contributed by atoms with Gasteiger partial charge in [0.2, 0.25) is 0 Å². The molecule has 0 unspecified atom stereocenters. The Morgan fingerprint density at radius 1 is 1.05 bits per heavy atom. The van der Waals surface area contributed by atoms with Gasteiger partial charge in [-0.3, -0.25) is 4.79 Å². The maximum atomic E-state index is 12.0. The average Bonchev–Trinajstić information content (AvgIpc) is 2.34. The highest BCUT2D eigenvalue weighted by Gasteiger charge is 2.25. The molecule has 0 saturated carbocycles. The molecule has 6 nitrogen and oxygen atoms in total. The number of carboxylic acid groups (broad SMARTS) is 2. The molecule has 102 valence electrons. The molecule has 3 N–H and O–H groups in total. The zero-order valence-electron chi connectivity index (χ0n) is 10.6. The molecule has 0 aliphatic heterocycles. The van der Waals surface area contributed by atoms with Crippen molar-refractivity contribution in [3.63, 3.8) is 0 Å². The van der Waals surface area contributed by atoms with Gasteiger partial charge in [0.25, 0.3) is 5.91 Å². The summed E-state index contributed by atoms with van der Waals surface area (Å²) in [6, 6.07) is 4.60. The van der Waals surface area contributed by atoms with Crippen molar-refractivity contribution in [1.29, 1.82) is 0 Å². The number of carboxylic acids is 2. The Bertz CT molecular complexity index is 510. The van der Waals surface area contributed by atoms with E-state index in [4.69, 9.17) is 10.2 Å². The third-order valence-corrected chi connectivity index (χ3v) is 2.62. The van der Waals surface area contributed by atoms with E-state index in [-0.39, 0.29) is 17.0 Å². The Hall–Kier alpha value is -2.37. The zero-order valence-corrected chi connectivity index (χ0v) is 10.6. The number of carbonyl (C=O) groups is 3. The quantitative estimate of drug-likeness (QED) is 0.742. The summed E-state index contributed by atoms with van der Waals surface area (Å²) in [5, 5.41) is 20.3. The lowest BCUT2D eigenvalue weighted by Crippen LogP contribution is -2.44. The van der Waals surface area contributed by atoms with Gasteiger partial charge in [-0.25, -0.2) is 9.59 Å². The minimum atomic E-state index is -1.23. The number of hydrogen-bond acceptors (Lipinski definition) is 3. The predicted molar refractivity (Wildman–Crippen MR) is 67.1 cm³/mol. The van der Waals surface area contributed by atoms with Crippen molar-refractivity contribution < 1.29 is 24.6 Å². The molecule has 0 spiro atoms. The van der Waals surface area contributed by atoms with Crippen molar-refractivity contribution in [2.45, 2.75) is 19.9 Å². The monoisotopic (exact) mass is 265 g/mol. The van der Waals surface area contributed by atoms with Crippen LogP contribution in [0.15, 0.2) is 24.3 Å². The van der Waals surface area contributed by atoms with Crippen LogP contribution < -0.4 is 5.32 Å². The van der Waals surface area contributed by atoms with E-state index in [0.29, 0.717) is 0 Å². The Morgan fingerprint density at radius 2 is 1.58 bits per heavy atom. The van der Waals surface area contributed by atoms with Gasteiger partial charge in [-0.2, -0.15) is 0 Å². The highest BCUT2D eigenvalue weighted by Crippen LogP contribution is 2.10. The Kier molecular flexibility index (Phi) is 4.63. The standard InChI is InChI=1S/C13H15NO5/c1-7(2)10(13(18)19)14-11(15)8-5-3-4-6-9(8)12(16)17/h3-7,10H,1-2H3,(H,14,15)(H,16,17)(H,18,19)/t10-/m0/s1. The molecule has 1 amide bonds. The molecule has 0 aromatic heterocycles. The first kappa shape index (κ1) is 14.7. The summed E-state index contributed by atoms with van der Waals surface area (Å²) in [6.07, 6.45) is 0. The molecule has 1 rings (SSSR count). The predicted octanol–water partition coefficient (Wildman–Crippen LogP) is 1.22. The fourth-order valence-electron chi connectivity index (χ4n) is 1.60. The molecule has 1 aromatic carbocycles. The van der Waals surface area contributed by atoms with Crippen LogP contribution in [-0.4, -0.2) is 34.1 Å². The first-order chi connectivity index (χ1) is 8.84. The fourth-order valence-corrected chi connectivity index (χ4v) is 1.60. The first-order valence-corrected chi connectivity index (χ1v) is 5.70. The molecule has 6 heteroatoms. The highest BCUT2D eigenvalue weighted by molar-refractivity contribution is 6.05. The topological polar surface area (TPSA) is 104 Å². The molecule has 0 fully saturated rings. The molecule has 0 aliphatic rings. The van der Waals surface area contributed by atoms with Crippen LogP contribution in [0.25, 0.3) is 0 Å². The number of aliphatic carboxylic acids is 1. The highest BCUT2D eigenvalue weighted by atomic mass is 16.4. The van der Waals surface area contributed by atoms with Gasteiger partial charge in [0.1, 0.15) is 6.04 Å². The summed E-state index contributed by atoms with van der Waals surface area (Å²) in [4.78, 5) is 33.9. The number of benzene rings is 1. The molecule has 0 heterocycles. The van der Waals surface area contributed by atoms with Crippen molar-refractivity contribution in [2.24, 2.45) is 5.92 Å². The zero-order chi connectivity index (χ0) is 14.6. The van der Waals surface area contributed by atoms with Gasteiger partial charge in [0.15, 0.2) is 0 Å². The molecular formula is C13H15NO5. The molecule has 1 atom stereocenters. The van der Waals surface area contributed by atoms with Crippen molar-refractivity contribution in [2.75, 3.05) is 0 Å². The van der Waals surface area contributed by atoms with Crippen molar-refractivity contribution in [3.05, 3.63) is 35.4 Å². The van der Waals surface area contributed by atoms with Crippen LogP contribution in [0.3, 0.4) is 0 Å². The van der Waals surface area contributed by atoms with Crippen LogP contribution in [0.5, 0.6) is 0 Å². The molecule has 0 aliphatic carbocycles. The van der Waals surface area contributed by atoms with Crippen LogP contribution in [-0.2, 0) is 4.79 Å². The summed E-state index contributed by atoms with van der Waals surface area (Å²) >= 11 is 0. The van der Waals surface area contributed by atoms with Crippen LogP contribution in [0.4, 0.5) is 0 Å². The summed E-state index contributed by atoms with van der Waals surface area (Å²) in [5.74, 6) is -3.41. The normalized spacial score (nSPS) is 11.9. The smallest absolute Gasteiger partial charge is 0.336 e. The minimum absolute atomic E-state index is 0.0538. The summed E-state index contributed by atoms with van der Waals surface area (Å²) < 4.78 is 0. The molecule has 1 aromatic rings. The second-order valence-electron chi connectivity index (χ2n) is 4.38. The number of carbonyl (C=O) groups excluding carboxylic acids is 1. The Balaban J connectivity index is 3.01. The number of hydrogen-bond donors (Lipinski definition) is 3. The molecule has 0 saturated heterocycles. The molecular weight excluding hydrogens is 250 g/mol. The molecule has 19 heavy (non-hydrogen) atoms. The van der Waals surface area contributed by atoms with Crippen molar-refractivity contribution in [3.8, 4) is 0 Å². The summed E-state index contributed by atoms with van der Waals surface area (Å²) in [5.41, 5.74) is -0.213. The van der Waals surface area contributed by atoms with Gasteiger partial charge in [-0.15, -0.1) is 0 Å². The van der Waals surface area contributed by atoms with E-state index >= 15 is 0 Å². The van der Waals surface area contributed by atoms with Crippen LogP contribution in [0.2, 0.25) is 0 Å². The van der Waals surface area contributed by atoms with Crippen molar-refractivity contribution >= 4 is 17.8 Å². The van der Waals surface area contributed by atoms with E-state index in [1.54, 1.807) is 13.8 Å². The third-order valence-electron chi connectivity index (χ3n) is 2.62. The van der Waals surface area contributed by atoms with Crippen LogP contribution in [0.1, 0.15) is 34.6 Å². The average molecular weight is 265 g/mol. The number of rotatable bonds is 5. The van der Waals surface area contributed by atoms with E-state index in [2.05, 4.69) is 5.32 Å². The van der Waals surface area contributed by atoms with Gasteiger partial charge in [0.05, 0.1) is 11.1 Å². The first-order valence-electron chi connectivity index (χ1n) is 5.70. The second kappa shape index (κ2) is 5.99. The molecule has 0 radical (unpaired) electrons.